The van der Waals surface area contributed by atoms with Crippen LogP contribution in [0, 0.1) is 6.92 Å². The first kappa shape index (κ1) is 15.7. The van der Waals surface area contributed by atoms with E-state index in [2.05, 4.69) is 14.8 Å². The van der Waals surface area contributed by atoms with Crippen LogP contribution in [-0.4, -0.2) is 29.7 Å². The van der Waals surface area contributed by atoms with Crippen molar-refractivity contribution in [2.24, 2.45) is 7.05 Å². The smallest absolute Gasteiger partial charge is 0.242 e. The van der Waals surface area contributed by atoms with E-state index in [9.17, 15) is 8.42 Å². The summed E-state index contributed by atoms with van der Waals surface area (Å²) in [5.41, 5.74) is 6.85. The van der Waals surface area contributed by atoms with Gasteiger partial charge in [0.15, 0.2) is 5.82 Å². The molecule has 0 saturated heterocycles. The molecule has 0 fully saturated rings. The van der Waals surface area contributed by atoms with Gasteiger partial charge in [-0.15, -0.1) is 0 Å². The quantitative estimate of drug-likeness (QED) is 0.793. The number of nitrogens with one attached hydrogen (secondary N) is 1. The van der Waals surface area contributed by atoms with E-state index in [0.717, 1.165) is 5.56 Å². The number of anilines is 1. The average molecular weight is 330 g/mol. The molecule has 0 bridgehead atoms. The first-order valence-electron chi connectivity index (χ1n) is 6.19. The average Bonchev–Trinajstić information content (AvgIpc) is 2.79. The predicted octanol–water partition coefficient (Wildman–Crippen LogP) is 0.880. The number of nitrogens with two attached hydrogens (primary N) is 1. The van der Waals surface area contributed by atoms with Gasteiger partial charge >= 0.3 is 0 Å². The number of nitrogens with zero attached hydrogens (tertiary/aromatic N) is 3. The number of aromatic nitrogens is 3. The highest BCUT2D eigenvalue weighted by molar-refractivity contribution is 7.89. The van der Waals surface area contributed by atoms with E-state index >= 15 is 0 Å². The summed E-state index contributed by atoms with van der Waals surface area (Å²) in [4.78, 5) is 4.00. The number of hydrogen-bond acceptors (Lipinski definition) is 5. The zero-order valence-electron chi connectivity index (χ0n) is 11.7. The third-order valence-electron chi connectivity index (χ3n) is 2.90. The Balaban J connectivity index is 2.10. The van der Waals surface area contributed by atoms with E-state index in [1.807, 2.05) is 0 Å². The topological polar surface area (TPSA) is 103 Å². The van der Waals surface area contributed by atoms with Crippen LogP contribution in [0.25, 0.3) is 0 Å². The van der Waals surface area contributed by atoms with Crippen LogP contribution in [0.4, 0.5) is 5.69 Å². The van der Waals surface area contributed by atoms with E-state index in [4.69, 9.17) is 17.3 Å². The molecule has 0 unspecified atom stereocenters. The lowest BCUT2D eigenvalue weighted by Gasteiger charge is -2.10. The summed E-state index contributed by atoms with van der Waals surface area (Å²) in [5, 5.41) is 4.21. The summed E-state index contributed by atoms with van der Waals surface area (Å²) in [6.07, 6.45) is 1.94. The zero-order valence-corrected chi connectivity index (χ0v) is 13.2. The number of benzene rings is 1. The molecule has 114 valence electrons. The van der Waals surface area contributed by atoms with Gasteiger partial charge in [0.2, 0.25) is 10.0 Å². The van der Waals surface area contributed by atoms with Gasteiger partial charge in [-0.2, -0.15) is 5.10 Å². The van der Waals surface area contributed by atoms with E-state index in [1.165, 1.54) is 12.1 Å². The number of nitrogen functional groups attached to an aromatic ring is 1. The Hall–Kier alpha value is -1.64. The lowest BCUT2D eigenvalue weighted by Crippen LogP contribution is -2.26. The molecule has 0 saturated carbocycles. The summed E-state index contributed by atoms with van der Waals surface area (Å²) in [6, 6.07) is 2.89. The minimum atomic E-state index is -3.72. The van der Waals surface area contributed by atoms with Crippen LogP contribution in [0.5, 0.6) is 0 Å². The molecule has 0 aliphatic heterocycles. The minimum Gasteiger partial charge on any atom is -0.398 e. The Bertz CT molecular complexity index is 757. The summed E-state index contributed by atoms with van der Waals surface area (Å²) in [6.45, 7) is 1.94. The van der Waals surface area contributed by atoms with Crippen LogP contribution >= 0.6 is 11.6 Å². The number of halogens is 1. The lowest BCUT2D eigenvalue weighted by molar-refractivity contribution is 0.580. The van der Waals surface area contributed by atoms with E-state index < -0.39 is 10.0 Å². The summed E-state index contributed by atoms with van der Waals surface area (Å²) in [5.74, 6) is 0.565. The maximum Gasteiger partial charge on any atom is 0.242 e. The second-order valence-electron chi connectivity index (χ2n) is 4.62. The van der Waals surface area contributed by atoms with Crippen LogP contribution in [-0.2, 0) is 23.5 Å². The van der Waals surface area contributed by atoms with Crippen molar-refractivity contribution in [1.29, 1.82) is 0 Å². The van der Waals surface area contributed by atoms with Gasteiger partial charge in [-0.1, -0.05) is 11.6 Å². The Kier molecular flexibility index (Phi) is 4.50. The number of sulfonamides is 1. The molecular formula is C12H16ClN5O2S. The van der Waals surface area contributed by atoms with Crippen LogP contribution in [0.2, 0.25) is 5.02 Å². The van der Waals surface area contributed by atoms with Crippen molar-refractivity contribution in [3.05, 3.63) is 34.9 Å². The van der Waals surface area contributed by atoms with Gasteiger partial charge in [-0.05, 0) is 24.6 Å². The van der Waals surface area contributed by atoms with E-state index in [1.54, 1.807) is 25.0 Å². The standard InChI is InChI=1S/C12H16ClN5O2S/c1-8-5-9(13)11(6-10(8)14)21(19,20)16-4-3-12-15-7-18(2)17-12/h5-7,16H,3-4,14H2,1-2H3. The van der Waals surface area contributed by atoms with Gasteiger partial charge in [0.1, 0.15) is 11.2 Å². The first-order chi connectivity index (χ1) is 9.79. The molecule has 0 radical (unpaired) electrons. The fraction of sp³-hybridized carbons (Fsp3) is 0.333. The normalized spacial score (nSPS) is 11.8. The highest BCUT2D eigenvalue weighted by atomic mass is 35.5. The number of hydrogen-bond donors (Lipinski definition) is 2. The monoisotopic (exact) mass is 329 g/mol. The van der Waals surface area contributed by atoms with E-state index in [-0.39, 0.29) is 16.5 Å². The number of rotatable bonds is 5. The molecule has 2 rings (SSSR count). The molecule has 2 aromatic rings. The second-order valence-corrected chi connectivity index (χ2v) is 6.76. The molecule has 0 spiro atoms. The molecule has 1 aromatic carbocycles. The Morgan fingerprint density at radius 1 is 1.43 bits per heavy atom. The molecule has 21 heavy (non-hydrogen) atoms. The molecule has 7 nitrogen and oxygen atoms in total. The Morgan fingerprint density at radius 2 is 2.14 bits per heavy atom. The first-order valence-corrected chi connectivity index (χ1v) is 8.05. The third kappa shape index (κ3) is 3.72. The highest BCUT2D eigenvalue weighted by Gasteiger charge is 2.19. The van der Waals surface area contributed by atoms with Gasteiger partial charge in [-0.3, -0.25) is 4.68 Å². The molecule has 1 aromatic heterocycles. The third-order valence-corrected chi connectivity index (χ3v) is 4.82. The van der Waals surface area contributed by atoms with Crippen molar-refractivity contribution in [3.63, 3.8) is 0 Å². The molecule has 1 heterocycles. The summed E-state index contributed by atoms with van der Waals surface area (Å²) < 4.78 is 28.5. The minimum absolute atomic E-state index is 0.0266. The van der Waals surface area contributed by atoms with Crippen molar-refractivity contribution in [2.75, 3.05) is 12.3 Å². The molecular weight excluding hydrogens is 314 g/mol. The summed E-state index contributed by atoms with van der Waals surface area (Å²) >= 11 is 5.98. The van der Waals surface area contributed by atoms with E-state index in [0.29, 0.717) is 17.9 Å². The Morgan fingerprint density at radius 3 is 2.76 bits per heavy atom. The van der Waals surface area contributed by atoms with Gasteiger partial charge in [0, 0.05) is 25.7 Å². The largest absolute Gasteiger partial charge is 0.398 e. The molecule has 0 amide bonds. The number of aryl methyl sites for hydroxylation is 2. The van der Waals surface area contributed by atoms with Crippen molar-refractivity contribution in [1.82, 2.24) is 19.5 Å². The zero-order chi connectivity index (χ0) is 15.6. The fourth-order valence-electron chi connectivity index (χ4n) is 1.75. The Labute approximate surface area is 128 Å². The SMILES string of the molecule is Cc1cc(Cl)c(S(=O)(=O)NCCc2ncn(C)n2)cc1N. The van der Waals surface area contributed by atoms with Gasteiger partial charge in [0.25, 0.3) is 0 Å². The van der Waals surface area contributed by atoms with Crippen molar-refractivity contribution < 1.29 is 8.42 Å². The lowest BCUT2D eigenvalue weighted by atomic mass is 10.2. The van der Waals surface area contributed by atoms with Crippen molar-refractivity contribution >= 4 is 27.3 Å². The van der Waals surface area contributed by atoms with Gasteiger partial charge in [0.05, 0.1) is 5.02 Å². The predicted molar refractivity (Wildman–Crippen MR) is 80.5 cm³/mol. The van der Waals surface area contributed by atoms with Crippen molar-refractivity contribution in [3.8, 4) is 0 Å². The molecule has 9 heteroatoms. The summed E-state index contributed by atoms with van der Waals surface area (Å²) in [7, 11) is -1.97. The highest BCUT2D eigenvalue weighted by Crippen LogP contribution is 2.26. The maximum absolute atomic E-state index is 12.2. The van der Waals surface area contributed by atoms with Gasteiger partial charge < -0.3 is 5.73 Å². The molecule has 3 N–H and O–H groups in total. The van der Waals surface area contributed by atoms with Gasteiger partial charge in [-0.25, -0.2) is 18.1 Å². The maximum atomic E-state index is 12.2. The molecule has 0 aliphatic carbocycles. The van der Waals surface area contributed by atoms with Crippen LogP contribution in [0.1, 0.15) is 11.4 Å². The van der Waals surface area contributed by atoms with Crippen LogP contribution in [0.3, 0.4) is 0 Å². The second kappa shape index (κ2) is 6.00. The van der Waals surface area contributed by atoms with Crippen LogP contribution < -0.4 is 10.5 Å². The fourth-order valence-corrected chi connectivity index (χ4v) is 3.39. The van der Waals surface area contributed by atoms with Crippen molar-refractivity contribution in [2.45, 2.75) is 18.2 Å². The molecule has 0 aliphatic rings. The molecule has 0 atom stereocenters. The van der Waals surface area contributed by atoms with Crippen LogP contribution in [0.15, 0.2) is 23.4 Å².